The highest BCUT2D eigenvalue weighted by Crippen LogP contribution is 2.18. The molecule has 1 fully saturated rings. The molecular weight excluding hydrogens is 210 g/mol. The second-order valence-corrected chi connectivity index (χ2v) is 5.83. The molecule has 1 N–H and O–H groups in total. The van der Waals surface area contributed by atoms with Crippen molar-refractivity contribution in [2.24, 2.45) is 11.3 Å². The standard InChI is InChI=1S/C14H27N3/c1-4-17-9-5-13(6-10-17)11-16-8-7-14(2,3)12-15/h13,16H,4-11H2,1-3H3. The van der Waals surface area contributed by atoms with E-state index in [0.29, 0.717) is 0 Å². The molecule has 3 heteroatoms. The molecule has 17 heavy (non-hydrogen) atoms. The Morgan fingerprint density at radius 1 is 1.35 bits per heavy atom. The van der Waals surface area contributed by atoms with Crippen LogP contribution in [0.5, 0.6) is 0 Å². The van der Waals surface area contributed by atoms with Crippen molar-refractivity contribution in [3.63, 3.8) is 0 Å². The van der Waals surface area contributed by atoms with Crippen LogP contribution >= 0.6 is 0 Å². The number of piperidine rings is 1. The van der Waals surface area contributed by atoms with Gasteiger partial charge in [-0.2, -0.15) is 5.26 Å². The van der Waals surface area contributed by atoms with Gasteiger partial charge in [0, 0.05) is 0 Å². The van der Waals surface area contributed by atoms with E-state index in [-0.39, 0.29) is 5.41 Å². The molecule has 0 radical (unpaired) electrons. The van der Waals surface area contributed by atoms with E-state index in [1.165, 1.54) is 32.5 Å². The van der Waals surface area contributed by atoms with Crippen molar-refractivity contribution in [1.82, 2.24) is 10.2 Å². The van der Waals surface area contributed by atoms with Crippen LogP contribution < -0.4 is 5.32 Å². The molecule has 1 aliphatic rings. The molecule has 0 aromatic heterocycles. The van der Waals surface area contributed by atoms with Gasteiger partial charge in [0.25, 0.3) is 0 Å². The first-order chi connectivity index (χ1) is 8.07. The van der Waals surface area contributed by atoms with Crippen LogP contribution in [-0.4, -0.2) is 37.6 Å². The summed E-state index contributed by atoms with van der Waals surface area (Å²) in [6.45, 7) is 12.1. The zero-order valence-electron chi connectivity index (χ0n) is 11.6. The number of nitriles is 1. The Kier molecular flexibility index (Phi) is 5.94. The summed E-state index contributed by atoms with van der Waals surface area (Å²) in [7, 11) is 0. The van der Waals surface area contributed by atoms with Crippen molar-refractivity contribution in [3.8, 4) is 6.07 Å². The third-order valence-electron chi connectivity index (χ3n) is 3.82. The molecule has 3 nitrogen and oxygen atoms in total. The predicted octanol–water partition coefficient (Wildman–Crippen LogP) is 2.25. The van der Waals surface area contributed by atoms with Gasteiger partial charge in [0.15, 0.2) is 0 Å². The minimum Gasteiger partial charge on any atom is -0.316 e. The van der Waals surface area contributed by atoms with Crippen molar-refractivity contribution in [2.75, 3.05) is 32.7 Å². The molecule has 0 bridgehead atoms. The molecule has 1 saturated heterocycles. The van der Waals surface area contributed by atoms with Crippen LogP contribution in [-0.2, 0) is 0 Å². The molecule has 0 aromatic rings. The van der Waals surface area contributed by atoms with E-state index in [2.05, 4.69) is 23.2 Å². The highest BCUT2D eigenvalue weighted by atomic mass is 15.1. The van der Waals surface area contributed by atoms with Gasteiger partial charge in [0.1, 0.15) is 0 Å². The summed E-state index contributed by atoms with van der Waals surface area (Å²) >= 11 is 0. The number of hydrogen-bond acceptors (Lipinski definition) is 3. The van der Waals surface area contributed by atoms with Crippen molar-refractivity contribution >= 4 is 0 Å². The zero-order valence-corrected chi connectivity index (χ0v) is 11.6. The normalized spacial score (nSPS) is 19.2. The molecule has 0 saturated carbocycles. The van der Waals surface area contributed by atoms with E-state index < -0.39 is 0 Å². The minimum absolute atomic E-state index is 0.182. The monoisotopic (exact) mass is 237 g/mol. The minimum atomic E-state index is -0.182. The van der Waals surface area contributed by atoms with Crippen LogP contribution in [0.25, 0.3) is 0 Å². The average molecular weight is 237 g/mol. The summed E-state index contributed by atoms with van der Waals surface area (Å²) in [5.74, 6) is 0.836. The fraction of sp³-hybridized carbons (Fsp3) is 0.929. The second-order valence-electron chi connectivity index (χ2n) is 5.83. The number of likely N-dealkylation sites (tertiary alicyclic amines) is 1. The van der Waals surface area contributed by atoms with Crippen molar-refractivity contribution < 1.29 is 0 Å². The van der Waals surface area contributed by atoms with Crippen LogP contribution in [0.2, 0.25) is 0 Å². The summed E-state index contributed by atoms with van der Waals surface area (Å²) in [5, 5.41) is 12.4. The number of nitrogens with zero attached hydrogens (tertiary/aromatic N) is 2. The number of nitrogens with one attached hydrogen (secondary N) is 1. The smallest absolute Gasteiger partial charge is 0.0684 e. The van der Waals surface area contributed by atoms with E-state index in [4.69, 9.17) is 5.26 Å². The van der Waals surface area contributed by atoms with Crippen LogP contribution in [0.4, 0.5) is 0 Å². The third kappa shape index (κ3) is 5.52. The van der Waals surface area contributed by atoms with Gasteiger partial charge in [-0.05, 0) is 71.8 Å². The lowest BCUT2D eigenvalue weighted by Gasteiger charge is -2.31. The Balaban J connectivity index is 2.07. The topological polar surface area (TPSA) is 39.1 Å². The van der Waals surface area contributed by atoms with E-state index >= 15 is 0 Å². The van der Waals surface area contributed by atoms with Gasteiger partial charge in [-0.15, -0.1) is 0 Å². The lowest BCUT2D eigenvalue weighted by atomic mass is 9.91. The highest BCUT2D eigenvalue weighted by Gasteiger charge is 2.19. The first-order valence-corrected chi connectivity index (χ1v) is 6.91. The SMILES string of the molecule is CCN1CCC(CNCCC(C)(C)C#N)CC1. The Hall–Kier alpha value is -0.590. The fourth-order valence-corrected chi connectivity index (χ4v) is 2.27. The molecule has 0 unspecified atom stereocenters. The Labute approximate surface area is 106 Å². The lowest BCUT2D eigenvalue weighted by molar-refractivity contribution is 0.189. The van der Waals surface area contributed by atoms with Crippen molar-refractivity contribution in [2.45, 2.75) is 40.0 Å². The molecule has 1 heterocycles. The van der Waals surface area contributed by atoms with Gasteiger partial charge in [0.2, 0.25) is 0 Å². The molecule has 1 aliphatic heterocycles. The van der Waals surface area contributed by atoms with Crippen LogP contribution in [0.1, 0.15) is 40.0 Å². The summed E-state index contributed by atoms with van der Waals surface area (Å²) in [6, 6.07) is 2.35. The molecule has 0 aliphatic carbocycles. The molecule has 98 valence electrons. The van der Waals surface area contributed by atoms with Gasteiger partial charge in [-0.3, -0.25) is 0 Å². The second kappa shape index (κ2) is 6.98. The molecule has 1 rings (SSSR count). The molecule has 0 atom stereocenters. The van der Waals surface area contributed by atoms with Gasteiger partial charge < -0.3 is 10.2 Å². The Morgan fingerprint density at radius 2 is 2.00 bits per heavy atom. The van der Waals surface area contributed by atoms with E-state index in [9.17, 15) is 0 Å². The summed E-state index contributed by atoms with van der Waals surface area (Å²) in [5.41, 5.74) is -0.182. The zero-order chi connectivity index (χ0) is 12.7. The van der Waals surface area contributed by atoms with Crippen molar-refractivity contribution in [1.29, 1.82) is 5.26 Å². The molecule has 0 amide bonds. The summed E-state index contributed by atoms with van der Waals surface area (Å²) in [6.07, 6.45) is 3.59. The average Bonchev–Trinajstić information content (AvgIpc) is 2.35. The Bertz CT molecular complexity index is 247. The lowest BCUT2D eigenvalue weighted by Crippen LogP contribution is -2.37. The van der Waals surface area contributed by atoms with Gasteiger partial charge in [-0.25, -0.2) is 0 Å². The maximum atomic E-state index is 8.92. The van der Waals surface area contributed by atoms with Crippen LogP contribution in [0.3, 0.4) is 0 Å². The predicted molar refractivity (Wildman–Crippen MR) is 71.7 cm³/mol. The fourth-order valence-electron chi connectivity index (χ4n) is 2.27. The largest absolute Gasteiger partial charge is 0.316 e. The first kappa shape index (κ1) is 14.5. The summed E-state index contributed by atoms with van der Waals surface area (Å²) < 4.78 is 0. The summed E-state index contributed by atoms with van der Waals surface area (Å²) in [4.78, 5) is 2.52. The molecular formula is C14H27N3. The van der Waals surface area contributed by atoms with Crippen LogP contribution in [0, 0.1) is 22.7 Å². The van der Waals surface area contributed by atoms with Crippen molar-refractivity contribution in [3.05, 3.63) is 0 Å². The quantitative estimate of drug-likeness (QED) is 0.720. The van der Waals surface area contributed by atoms with Gasteiger partial charge in [-0.1, -0.05) is 6.92 Å². The van der Waals surface area contributed by atoms with Gasteiger partial charge >= 0.3 is 0 Å². The maximum absolute atomic E-state index is 8.92. The third-order valence-corrected chi connectivity index (χ3v) is 3.82. The van der Waals surface area contributed by atoms with E-state index in [1.54, 1.807) is 0 Å². The van der Waals surface area contributed by atoms with E-state index in [1.807, 2.05) is 13.8 Å². The highest BCUT2D eigenvalue weighted by molar-refractivity contribution is 4.91. The Morgan fingerprint density at radius 3 is 2.53 bits per heavy atom. The number of rotatable bonds is 6. The van der Waals surface area contributed by atoms with Gasteiger partial charge in [0.05, 0.1) is 11.5 Å². The maximum Gasteiger partial charge on any atom is 0.0684 e. The number of hydrogen-bond donors (Lipinski definition) is 1. The van der Waals surface area contributed by atoms with E-state index in [0.717, 1.165) is 25.4 Å². The molecule has 0 spiro atoms. The first-order valence-electron chi connectivity index (χ1n) is 6.91. The van der Waals surface area contributed by atoms with Crippen LogP contribution in [0.15, 0.2) is 0 Å². The molecule has 0 aromatic carbocycles.